The largest absolute Gasteiger partial charge is 0.318 e. The molecule has 2 heterocycles. The van der Waals surface area contributed by atoms with E-state index in [0.717, 1.165) is 22.6 Å². The van der Waals surface area contributed by atoms with Crippen molar-refractivity contribution in [1.29, 1.82) is 0 Å². The van der Waals surface area contributed by atoms with Crippen LogP contribution in [0.1, 0.15) is 32.9 Å². The number of carbonyl (C=O) groups excluding carboxylic acids is 1. The molecule has 0 aliphatic heterocycles. The van der Waals surface area contributed by atoms with Gasteiger partial charge in [0.05, 0.1) is 0 Å². The van der Waals surface area contributed by atoms with Crippen LogP contribution in [0.4, 0.5) is 0 Å². The minimum atomic E-state index is -0.0369. The van der Waals surface area contributed by atoms with Crippen molar-refractivity contribution < 1.29 is 4.79 Å². The third-order valence-corrected chi connectivity index (χ3v) is 5.25. The molecule has 0 saturated heterocycles. The van der Waals surface area contributed by atoms with E-state index in [9.17, 15) is 4.79 Å². The first-order chi connectivity index (χ1) is 13.9. The van der Waals surface area contributed by atoms with E-state index in [2.05, 4.69) is 52.0 Å². The molecule has 0 saturated carbocycles. The van der Waals surface area contributed by atoms with Gasteiger partial charge in [0.2, 0.25) is 5.82 Å². The number of hydrogen-bond acceptors (Lipinski definition) is 4. The molecule has 0 N–H and O–H groups in total. The quantitative estimate of drug-likeness (QED) is 0.482. The Hall–Kier alpha value is -3.54. The molecule has 0 bridgehead atoms. The van der Waals surface area contributed by atoms with Crippen LogP contribution in [0, 0.1) is 27.7 Å². The lowest BCUT2D eigenvalue weighted by Gasteiger charge is -2.12. The molecule has 4 aromatic rings. The number of carbonyl (C=O) groups is 1. The summed E-state index contributed by atoms with van der Waals surface area (Å²) in [6, 6.07) is 17.9. The number of tetrazole rings is 1. The van der Waals surface area contributed by atoms with Gasteiger partial charge < -0.3 is 4.57 Å². The van der Waals surface area contributed by atoms with E-state index in [-0.39, 0.29) is 12.3 Å². The van der Waals surface area contributed by atoms with Gasteiger partial charge in [0, 0.05) is 28.2 Å². The van der Waals surface area contributed by atoms with Crippen molar-refractivity contribution in [3.63, 3.8) is 0 Å². The number of benzene rings is 2. The average molecular weight is 385 g/mol. The summed E-state index contributed by atoms with van der Waals surface area (Å²) in [5.74, 6) is 0.476. The van der Waals surface area contributed by atoms with Crippen LogP contribution in [-0.4, -0.2) is 30.6 Å². The molecule has 0 unspecified atom stereocenters. The zero-order valence-corrected chi connectivity index (χ0v) is 17.0. The van der Waals surface area contributed by atoms with E-state index in [4.69, 9.17) is 0 Å². The fourth-order valence-electron chi connectivity index (χ4n) is 3.53. The van der Waals surface area contributed by atoms with Crippen molar-refractivity contribution in [3.05, 3.63) is 82.7 Å². The lowest BCUT2D eigenvalue weighted by Crippen LogP contribution is -2.14. The SMILES string of the molecule is Cc1ccc(-n2c(C)cc(C(=O)Cn3nnc(-c4ccccc4)n3)c2C)cc1C. The normalized spacial score (nSPS) is 11.0. The van der Waals surface area contributed by atoms with E-state index in [1.54, 1.807) is 0 Å². The van der Waals surface area contributed by atoms with E-state index in [1.807, 2.05) is 50.2 Å². The Labute approximate surface area is 169 Å². The summed E-state index contributed by atoms with van der Waals surface area (Å²) in [5.41, 5.74) is 7.03. The van der Waals surface area contributed by atoms with Crippen LogP contribution < -0.4 is 0 Å². The number of rotatable bonds is 5. The molecule has 2 aromatic heterocycles. The van der Waals surface area contributed by atoms with Gasteiger partial charge in [-0.15, -0.1) is 10.2 Å². The first-order valence-corrected chi connectivity index (χ1v) is 9.57. The number of aryl methyl sites for hydroxylation is 3. The fraction of sp³-hybridized carbons (Fsp3) is 0.217. The predicted molar refractivity (Wildman–Crippen MR) is 112 cm³/mol. The van der Waals surface area contributed by atoms with Crippen molar-refractivity contribution in [2.75, 3.05) is 0 Å². The molecule has 6 nitrogen and oxygen atoms in total. The van der Waals surface area contributed by atoms with Gasteiger partial charge in [-0.1, -0.05) is 36.4 Å². The van der Waals surface area contributed by atoms with Crippen molar-refractivity contribution in [1.82, 2.24) is 24.8 Å². The van der Waals surface area contributed by atoms with Crippen LogP contribution in [0.5, 0.6) is 0 Å². The third-order valence-electron chi connectivity index (χ3n) is 5.25. The molecule has 6 heteroatoms. The number of aromatic nitrogens is 5. The summed E-state index contributed by atoms with van der Waals surface area (Å²) >= 11 is 0. The number of Topliss-reactive ketones (excluding diaryl/α,β-unsaturated/α-hetero) is 1. The molecular formula is C23H23N5O. The molecule has 0 aliphatic carbocycles. The van der Waals surface area contributed by atoms with Crippen LogP contribution in [0.15, 0.2) is 54.6 Å². The Kier molecular flexibility index (Phi) is 4.84. The Balaban J connectivity index is 1.60. The third kappa shape index (κ3) is 3.61. The topological polar surface area (TPSA) is 65.6 Å². The maximum absolute atomic E-state index is 13.0. The van der Waals surface area contributed by atoms with Gasteiger partial charge in [-0.2, -0.15) is 4.80 Å². The highest BCUT2D eigenvalue weighted by molar-refractivity contribution is 5.97. The second kappa shape index (κ2) is 7.47. The molecule has 2 aromatic carbocycles. The standard InChI is InChI=1S/C23H23N5O/c1-15-10-11-20(12-16(15)2)28-17(3)13-21(18(28)4)22(29)14-27-25-23(24-26-27)19-8-6-5-7-9-19/h5-13H,14H2,1-4H3. The van der Waals surface area contributed by atoms with Crippen LogP contribution in [-0.2, 0) is 6.54 Å². The van der Waals surface area contributed by atoms with Crippen LogP contribution >= 0.6 is 0 Å². The number of nitrogens with zero attached hydrogens (tertiary/aromatic N) is 5. The van der Waals surface area contributed by atoms with Crippen molar-refractivity contribution in [2.24, 2.45) is 0 Å². The maximum Gasteiger partial charge on any atom is 0.204 e. The van der Waals surface area contributed by atoms with Crippen LogP contribution in [0.2, 0.25) is 0 Å². The average Bonchev–Trinajstić information content (AvgIpc) is 3.29. The zero-order chi connectivity index (χ0) is 20.5. The highest BCUT2D eigenvalue weighted by Gasteiger charge is 2.18. The van der Waals surface area contributed by atoms with E-state index in [1.165, 1.54) is 15.9 Å². The van der Waals surface area contributed by atoms with Crippen molar-refractivity contribution in [3.8, 4) is 17.1 Å². The second-order valence-electron chi connectivity index (χ2n) is 7.32. The lowest BCUT2D eigenvalue weighted by atomic mass is 10.1. The van der Waals surface area contributed by atoms with Gasteiger partial charge in [0.25, 0.3) is 0 Å². The Morgan fingerprint density at radius 2 is 1.69 bits per heavy atom. The highest BCUT2D eigenvalue weighted by atomic mass is 16.1. The van der Waals surface area contributed by atoms with E-state index in [0.29, 0.717) is 11.4 Å². The van der Waals surface area contributed by atoms with Crippen molar-refractivity contribution in [2.45, 2.75) is 34.2 Å². The zero-order valence-electron chi connectivity index (χ0n) is 17.0. The molecule has 4 rings (SSSR count). The van der Waals surface area contributed by atoms with Gasteiger partial charge in [-0.25, -0.2) is 0 Å². The lowest BCUT2D eigenvalue weighted by molar-refractivity contribution is 0.0961. The first kappa shape index (κ1) is 18.8. The van der Waals surface area contributed by atoms with E-state index >= 15 is 0 Å². The molecule has 0 atom stereocenters. The van der Waals surface area contributed by atoms with Gasteiger partial charge in [-0.3, -0.25) is 4.79 Å². The Bertz CT molecular complexity index is 1190. The molecule has 0 amide bonds. The Morgan fingerprint density at radius 3 is 2.41 bits per heavy atom. The first-order valence-electron chi connectivity index (χ1n) is 9.57. The monoisotopic (exact) mass is 385 g/mol. The smallest absolute Gasteiger partial charge is 0.204 e. The van der Waals surface area contributed by atoms with Gasteiger partial charge in [0.1, 0.15) is 6.54 Å². The summed E-state index contributed by atoms with van der Waals surface area (Å²) in [6.07, 6.45) is 0. The van der Waals surface area contributed by atoms with Crippen LogP contribution in [0.25, 0.3) is 17.1 Å². The number of ketones is 1. The van der Waals surface area contributed by atoms with Gasteiger partial charge in [-0.05, 0) is 62.2 Å². The summed E-state index contributed by atoms with van der Waals surface area (Å²) in [4.78, 5) is 14.3. The summed E-state index contributed by atoms with van der Waals surface area (Å²) < 4.78 is 2.11. The van der Waals surface area contributed by atoms with Crippen LogP contribution in [0.3, 0.4) is 0 Å². The summed E-state index contributed by atoms with van der Waals surface area (Å²) in [7, 11) is 0. The minimum Gasteiger partial charge on any atom is -0.318 e. The second-order valence-corrected chi connectivity index (χ2v) is 7.32. The molecule has 0 fully saturated rings. The van der Waals surface area contributed by atoms with Crippen molar-refractivity contribution >= 4 is 5.78 Å². The molecule has 29 heavy (non-hydrogen) atoms. The number of hydrogen-bond donors (Lipinski definition) is 0. The molecule has 146 valence electrons. The molecule has 0 spiro atoms. The summed E-state index contributed by atoms with van der Waals surface area (Å²) in [6.45, 7) is 8.23. The molecule has 0 radical (unpaired) electrons. The van der Waals surface area contributed by atoms with Gasteiger partial charge >= 0.3 is 0 Å². The Morgan fingerprint density at radius 1 is 0.931 bits per heavy atom. The molecular weight excluding hydrogens is 362 g/mol. The predicted octanol–water partition coefficient (Wildman–Crippen LogP) is 4.25. The molecule has 0 aliphatic rings. The summed E-state index contributed by atoms with van der Waals surface area (Å²) in [5, 5.41) is 12.5. The van der Waals surface area contributed by atoms with E-state index < -0.39 is 0 Å². The van der Waals surface area contributed by atoms with Gasteiger partial charge in [0.15, 0.2) is 5.78 Å². The maximum atomic E-state index is 13.0. The fourth-order valence-corrected chi connectivity index (χ4v) is 3.53. The highest BCUT2D eigenvalue weighted by Crippen LogP contribution is 2.23. The minimum absolute atomic E-state index is 0.0369.